The Kier molecular flexibility index (Phi) is 6.22. The van der Waals surface area contributed by atoms with Crippen LogP contribution in [0, 0.1) is 6.92 Å². The molecule has 0 N–H and O–H groups in total. The van der Waals surface area contributed by atoms with E-state index in [0.717, 1.165) is 87.9 Å². The van der Waals surface area contributed by atoms with Crippen molar-refractivity contribution in [3.63, 3.8) is 0 Å². The van der Waals surface area contributed by atoms with Crippen molar-refractivity contribution < 1.29 is 4.74 Å². The van der Waals surface area contributed by atoms with Gasteiger partial charge in [0.25, 0.3) is 0 Å². The normalized spacial score (nSPS) is 17.5. The summed E-state index contributed by atoms with van der Waals surface area (Å²) in [5, 5.41) is 0. The van der Waals surface area contributed by atoms with Crippen LogP contribution in [0.5, 0.6) is 0 Å². The lowest BCUT2D eigenvalue weighted by Crippen LogP contribution is -2.46. The third-order valence-electron chi connectivity index (χ3n) is 6.08. The Morgan fingerprint density at radius 2 is 1.53 bits per heavy atom. The first-order valence-corrected chi connectivity index (χ1v) is 11.3. The minimum Gasteiger partial charge on any atom is -0.378 e. The third kappa shape index (κ3) is 4.71. The van der Waals surface area contributed by atoms with E-state index in [1.807, 2.05) is 25.4 Å². The van der Waals surface area contributed by atoms with Crippen LogP contribution < -0.4 is 9.80 Å². The Labute approximate surface area is 188 Å². The maximum absolute atomic E-state index is 5.43. The zero-order chi connectivity index (χ0) is 21.8. The van der Waals surface area contributed by atoms with Crippen molar-refractivity contribution in [2.45, 2.75) is 13.5 Å². The Bertz CT molecular complexity index is 1030. The molecule has 0 saturated carbocycles. The molecule has 2 aliphatic rings. The average Bonchev–Trinajstić information content (AvgIpc) is 2.86. The fourth-order valence-corrected chi connectivity index (χ4v) is 4.22. The summed E-state index contributed by atoms with van der Waals surface area (Å²) < 4.78 is 5.43. The molecule has 8 heteroatoms. The zero-order valence-electron chi connectivity index (χ0n) is 18.5. The molecule has 32 heavy (non-hydrogen) atoms. The third-order valence-corrected chi connectivity index (χ3v) is 6.08. The molecule has 3 aromatic rings. The molecule has 166 valence electrons. The number of benzene rings is 1. The van der Waals surface area contributed by atoms with E-state index in [2.05, 4.69) is 55.0 Å². The van der Waals surface area contributed by atoms with E-state index < -0.39 is 0 Å². The molecule has 0 amide bonds. The van der Waals surface area contributed by atoms with Crippen LogP contribution >= 0.6 is 0 Å². The molecule has 1 aromatic carbocycles. The summed E-state index contributed by atoms with van der Waals surface area (Å²) in [5.74, 6) is 1.54. The van der Waals surface area contributed by atoms with E-state index in [-0.39, 0.29) is 0 Å². The summed E-state index contributed by atoms with van der Waals surface area (Å²) in [6.45, 7) is 9.93. The Hall–Kier alpha value is -3.10. The molecule has 8 nitrogen and oxygen atoms in total. The maximum Gasteiger partial charge on any atom is 0.225 e. The number of morpholine rings is 1. The highest BCUT2D eigenvalue weighted by atomic mass is 16.5. The second kappa shape index (κ2) is 9.58. The molecule has 5 rings (SSSR count). The standard InChI is InChI=1S/C24H29N7O/c1-19-21(17-26-24(27-19)31-13-15-32-16-14-31)22-7-8-25-23(28-22)30-11-9-29(10-12-30)18-20-5-3-2-4-6-20/h2-8,17H,9-16,18H2,1H3. The molecule has 0 spiro atoms. The van der Waals surface area contributed by atoms with E-state index in [1.165, 1.54) is 5.56 Å². The Balaban J connectivity index is 1.26. The fourth-order valence-electron chi connectivity index (χ4n) is 4.22. The van der Waals surface area contributed by atoms with E-state index in [1.54, 1.807) is 0 Å². The van der Waals surface area contributed by atoms with Gasteiger partial charge in [-0.15, -0.1) is 0 Å². The summed E-state index contributed by atoms with van der Waals surface area (Å²) in [7, 11) is 0. The van der Waals surface area contributed by atoms with E-state index in [0.29, 0.717) is 0 Å². The number of anilines is 2. The van der Waals surface area contributed by atoms with Gasteiger partial charge in [0.1, 0.15) is 0 Å². The van der Waals surface area contributed by atoms with E-state index in [4.69, 9.17) is 14.7 Å². The highest BCUT2D eigenvalue weighted by molar-refractivity contribution is 5.62. The van der Waals surface area contributed by atoms with Crippen molar-refractivity contribution in [2.24, 2.45) is 0 Å². The molecular weight excluding hydrogens is 402 g/mol. The van der Waals surface area contributed by atoms with Crippen LogP contribution in [-0.4, -0.2) is 77.3 Å². The molecule has 4 heterocycles. The lowest BCUT2D eigenvalue weighted by atomic mass is 10.1. The van der Waals surface area contributed by atoms with Gasteiger partial charge in [0.15, 0.2) is 0 Å². The van der Waals surface area contributed by atoms with Crippen molar-refractivity contribution in [1.82, 2.24) is 24.8 Å². The number of ether oxygens (including phenoxy) is 1. The fraction of sp³-hybridized carbons (Fsp3) is 0.417. The first-order valence-electron chi connectivity index (χ1n) is 11.3. The molecule has 2 aromatic heterocycles. The van der Waals surface area contributed by atoms with Crippen molar-refractivity contribution >= 4 is 11.9 Å². The largest absolute Gasteiger partial charge is 0.378 e. The van der Waals surface area contributed by atoms with Crippen LogP contribution in [-0.2, 0) is 11.3 Å². The second-order valence-electron chi connectivity index (χ2n) is 8.26. The van der Waals surface area contributed by atoms with E-state index >= 15 is 0 Å². The van der Waals surface area contributed by atoms with Gasteiger partial charge < -0.3 is 14.5 Å². The van der Waals surface area contributed by atoms with Crippen LogP contribution in [0.25, 0.3) is 11.3 Å². The monoisotopic (exact) mass is 431 g/mol. The lowest BCUT2D eigenvalue weighted by Gasteiger charge is -2.34. The molecule has 0 atom stereocenters. The van der Waals surface area contributed by atoms with Crippen LogP contribution in [0.3, 0.4) is 0 Å². The van der Waals surface area contributed by atoms with Crippen LogP contribution in [0.4, 0.5) is 11.9 Å². The van der Waals surface area contributed by atoms with Crippen LogP contribution in [0.1, 0.15) is 11.3 Å². The molecule has 2 saturated heterocycles. The van der Waals surface area contributed by atoms with Crippen molar-refractivity contribution in [1.29, 1.82) is 0 Å². The molecule has 0 radical (unpaired) electrons. The zero-order valence-corrected chi connectivity index (χ0v) is 18.5. The van der Waals surface area contributed by atoms with Gasteiger partial charge in [-0.1, -0.05) is 30.3 Å². The molecule has 0 aliphatic carbocycles. The van der Waals surface area contributed by atoms with Gasteiger partial charge in [-0.2, -0.15) is 0 Å². The number of piperazine rings is 1. The number of hydrogen-bond donors (Lipinski definition) is 0. The molecule has 0 bridgehead atoms. The first kappa shape index (κ1) is 20.8. The van der Waals surface area contributed by atoms with Gasteiger partial charge in [-0.3, -0.25) is 4.90 Å². The summed E-state index contributed by atoms with van der Waals surface area (Å²) in [4.78, 5) is 25.7. The second-order valence-corrected chi connectivity index (χ2v) is 8.26. The Morgan fingerprint density at radius 1 is 0.812 bits per heavy atom. The van der Waals surface area contributed by atoms with Crippen molar-refractivity contribution in [3.05, 3.63) is 60.0 Å². The Morgan fingerprint density at radius 3 is 2.28 bits per heavy atom. The van der Waals surface area contributed by atoms with Gasteiger partial charge in [0.2, 0.25) is 11.9 Å². The topological polar surface area (TPSA) is 70.5 Å². The number of aromatic nitrogens is 4. The number of nitrogens with zero attached hydrogens (tertiary/aromatic N) is 7. The predicted octanol–water partition coefficient (Wildman–Crippen LogP) is 2.40. The highest BCUT2D eigenvalue weighted by Gasteiger charge is 2.20. The maximum atomic E-state index is 5.43. The molecular formula is C24H29N7O. The SMILES string of the molecule is Cc1nc(N2CCOCC2)ncc1-c1ccnc(N2CCN(Cc3ccccc3)CC2)n1. The lowest BCUT2D eigenvalue weighted by molar-refractivity contribution is 0.122. The average molecular weight is 432 g/mol. The van der Waals surface area contributed by atoms with E-state index in [9.17, 15) is 0 Å². The van der Waals surface area contributed by atoms with Crippen LogP contribution in [0.2, 0.25) is 0 Å². The predicted molar refractivity (Wildman–Crippen MR) is 125 cm³/mol. The molecule has 2 fully saturated rings. The summed E-state index contributed by atoms with van der Waals surface area (Å²) >= 11 is 0. The summed E-state index contributed by atoms with van der Waals surface area (Å²) in [6, 6.07) is 12.6. The number of aryl methyl sites for hydroxylation is 1. The summed E-state index contributed by atoms with van der Waals surface area (Å²) in [6.07, 6.45) is 3.72. The minimum absolute atomic E-state index is 0.720. The highest BCUT2D eigenvalue weighted by Crippen LogP contribution is 2.23. The van der Waals surface area contributed by atoms with Crippen molar-refractivity contribution in [2.75, 3.05) is 62.3 Å². The van der Waals surface area contributed by atoms with Gasteiger partial charge in [0.05, 0.1) is 24.6 Å². The first-order chi connectivity index (χ1) is 15.8. The minimum atomic E-state index is 0.720. The summed E-state index contributed by atoms with van der Waals surface area (Å²) in [5.41, 5.74) is 4.11. The van der Waals surface area contributed by atoms with Gasteiger partial charge >= 0.3 is 0 Å². The van der Waals surface area contributed by atoms with Gasteiger partial charge in [-0.05, 0) is 18.6 Å². The smallest absolute Gasteiger partial charge is 0.225 e. The van der Waals surface area contributed by atoms with Gasteiger partial charge in [-0.25, -0.2) is 19.9 Å². The van der Waals surface area contributed by atoms with Crippen LogP contribution in [0.15, 0.2) is 48.8 Å². The van der Waals surface area contributed by atoms with Crippen molar-refractivity contribution in [3.8, 4) is 11.3 Å². The molecule has 2 aliphatic heterocycles. The molecule has 0 unspecified atom stereocenters. The number of rotatable bonds is 5. The van der Waals surface area contributed by atoms with Gasteiger partial charge in [0, 0.05) is 63.8 Å². The number of hydrogen-bond acceptors (Lipinski definition) is 8. The quantitative estimate of drug-likeness (QED) is 0.610.